The average molecular weight is 342 g/mol. The Morgan fingerprint density at radius 1 is 1.36 bits per heavy atom. The molecule has 1 atom stereocenters. The van der Waals surface area contributed by atoms with Gasteiger partial charge >= 0.3 is 6.03 Å². The Kier molecular flexibility index (Phi) is 5.08. The first-order valence-corrected chi connectivity index (χ1v) is 8.73. The highest BCUT2D eigenvalue weighted by Crippen LogP contribution is 2.28. The molecule has 2 aromatic rings. The summed E-state index contributed by atoms with van der Waals surface area (Å²) in [5, 5.41) is 17.3. The summed E-state index contributed by atoms with van der Waals surface area (Å²) in [7, 11) is 0. The molecule has 6 heteroatoms. The lowest BCUT2D eigenvalue weighted by atomic mass is 9.87. The standard InChI is InChI=1S/C19H26N4O2/c1-19(2)12-16(24)8-11-22(14-19)18(25)20-13-15-6-3-4-7-17(15)23-10-5-9-21-23/h3-7,9-10,16,24H,8,11-14H2,1-2H3,(H,20,25)/t16-/m1/s1. The van der Waals surface area contributed by atoms with E-state index in [0.717, 1.165) is 17.7 Å². The molecule has 134 valence electrons. The van der Waals surface area contributed by atoms with Crippen LogP contribution in [0, 0.1) is 5.41 Å². The summed E-state index contributed by atoms with van der Waals surface area (Å²) < 4.78 is 1.80. The highest BCUT2D eigenvalue weighted by molar-refractivity contribution is 5.74. The van der Waals surface area contributed by atoms with Gasteiger partial charge in [0.1, 0.15) is 0 Å². The molecule has 1 aliphatic heterocycles. The van der Waals surface area contributed by atoms with E-state index in [0.29, 0.717) is 26.1 Å². The molecule has 1 fully saturated rings. The number of likely N-dealkylation sites (tertiary alicyclic amines) is 1. The van der Waals surface area contributed by atoms with E-state index in [4.69, 9.17) is 0 Å². The molecule has 1 aromatic carbocycles. The van der Waals surface area contributed by atoms with Crippen LogP contribution in [0.25, 0.3) is 5.69 Å². The first kappa shape index (κ1) is 17.5. The first-order chi connectivity index (χ1) is 11.9. The van der Waals surface area contributed by atoms with Gasteiger partial charge in [-0.25, -0.2) is 9.48 Å². The summed E-state index contributed by atoms with van der Waals surface area (Å²) in [6.07, 6.45) is 4.63. The number of aliphatic hydroxyl groups excluding tert-OH is 1. The summed E-state index contributed by atoms with van der Waals surface area (Å²) >= 11 is 0. The Morgan fingerprint density at radius 3 is 2.92 bits per heavy atom. The molecule has 6 nitrogen and oxygen atoms in total. The van der Waals surface area contributed by atoms with Crippen LogP contribution in [0.15, 0.2) is 42.7 Å². The van der Waals surface area contributed by atoms with Crippen molar-refractivity contribution in [2.75, 3.05) is 13.1 Å². The van der Waals surface area contributed by atoms with E-state index in [-0.39, 0.29) is 17.6 Å². The van der Waals surface area contributed by atoms with Crippen LogP contribution < -0.4 is 5.32 Å². The SMILES string of the molecule is CC1(C)C[C@H](O)CCN(C(=O)NCc2ccccc2-n2cccn2)C1. The smallest absolute Gasteiger partial charge is 0.317 e. The number of carbonyl (C=O) groups excluding carboxylic acids is 1. The largest absolute Gasteiger partial charge is 0.393 e. The number of amides is 2. The highest BCUT2D eigenvalue weighted by Gasteiger charge is 2.31. The van der Waals surface area contributed by atoms with Gasteiger partial charge in [-0.2, -0.15) is 5.10 Å². The molecule has 2 heterocycles. The van der Waals surface area contributed by atoms with Crippen molar-refractivity contribution in [2.45, 2.75) is 39.3 Å². The highest BCUT2D eigenvalue weighted by atomic mass is 16.3. The number of carbonyl (C=O) groups is 1. The van der Waals surface area contributed by atoms with Crippen molar-refractivity contribution in [3.63, 3.8) is 0 Å². The maximum Gasteiger partial charge on any atom is 0.317 e. The summed E-state index contributed by atoms with van der Waals surface area (Å²) in [6.45, 7) is 5.85. The van der Waals surface area contributed by atoms with Crippen LogP contribution in [0.3, 0.4) is 0 Å². The van der Waals surface area contributed by atoms with Crippen LogP contribution in [-0.2, 0) is 6.54 Å². The second-order valence-electron chi connectivity index (χ2n) is 7.47. The fourth-order valence-electron chi connectivity index (χ4n) is 3.46. The molecular weight excluding hydrogens is 316 g/mol. The Bertz CT molecular complexity index is 712. The molecule has 0 bridgehead atoms. The van der Waals surface area contributed by atoms with Gasteiger partial charge in [-0.3, -0.25) is 0 Å². The number of hydrogen-bond acceptors (Lipinski definition) is 3. The van der Waals surface area contributed by atoms with Crippen molar-refractivity contribution in [3.05, 3.63) is 48.3 Å². The molecular formula is C19H26N4O2. The lowest BCUT2D eigenvalue weighted by molar-refractivity contribution is 0.121. The predicted molar refractivity (Wildman–Crippen MR) is 96.4 cm³/mol. The summed E-state index contributed by atoms with van der Waals surface area (Å²) in [4.78, 5) is 14.4. The van der Waals surface area contributed by atoms with Crippen LogP contribution in [0.4, 0.5) is 4.79 Å². The topological polar surface area (TPSA) is 70.4 Å². The Labute approximate surface area is 148 Å². The van der Waals surface area contributed by atoms with E-state index >= 15 is 0 Å². The zero-order valence-electron chi connectivity index (χ0n) is 14.9. The normalized spacial score (nSPS) is 20.1. The summed E-state index contributed by atoms with van der Waals surface area (Å²) in [5.74, 6) is 0. The van der Waals surface area contributed by atoms with Gasteiger partial charge in [0.25, 0.3) is 0 Å². The zero-order valence-corrected chi connectivity index (χ0v) is 14.9. The maximum atomic E-state index is 12.6. The van der Waals surface area contributed by atoms with Crippen LogP contribution >= 0.6 is 0 Å². The van der Waals surface area contributed by atoms with Crippen LogP contribution in [-0.4, -0.2) is 45.0 Å². The number of aromatic nitrogens is 2. The van der Waals surface area contributed by atoms with E-state index < -0.39 is 0 Å². The second-order valence-corrected chi connectivity index (χ2v) is 7.47. The molecule has 0 saturated carbocycles. The minimum atomic E-state index is -0.339. The fraction of sp³-hybridized carbons (Fsp3) is 0.474. The molecule has 1 aliphatic rings. The van der Waals surface area contributed by atoms with E-state index in [9.17, 15) is 9.90 Å². The fourth-order valence-corrected chi connectivity index (χ4v) is 3.46. The van der Waals surface area contributed by atoms with Gasteiger partial charge in [-0.05, 0) is 36.0 Å². The lowest BCUT2D eigenvalue weighted by Gasteiger charge is -2.29. The third kappa shape index (κ3) is 4.39. The molecule has 1 saturated heterocycles. The monoisotopic (exact) mass is 342 g/mol. The number of urea groups is 1. The van der Waals surface area contributed by atoms with Crippen molar-refractivity contribution in [2.24, 2.45) is 5.41 Å². The molecule has 2 N–H and O–H groups in total. The van der Waals surface area contributed by atoms with Crippen molar-refractivity contribution >= 4 is 6.03 Å². The van der Waals surface area contributed by atoms with Gasteiger partial charge in [-0.1, -0.05) is 32.0 Å². The number of hydrogen-bond donors (Lipinski definition) is 2. The number of aliphatic hydroxyl groups is 1. The van der Waals surface area contributed by atoms with Crippen molar-refractivity contribution in [1.82, 2.24) is 20.0 Å². The van der Waals surface area contributed by atoms with Gasteiger partial charge in [0, 0.05) is 32.0 Å². The van der Waals surface area contributed by atoms with E-state index in [1.165, 1.54) is 0 Å². The van der Waals surface area contributed by atoms with Gasteiger partial charge in [0.15, 0.2) is 0 Å². The molecule has 1 aromatic heterocycles. The summed E-state index contributed by atoms with van der Waals surface area (Å²) in [5.41, 5.74) is 1.88. The first-order valence-electron chi connectivity index (χ1n) is 8.73. The molecule has 25 heavy (non-hydrogen) atoms. The summed E-state index contributed by atoms with van der Waals surface area (Å²) in [6, 6.07) is 9.69. The number of para-hydroxylation sites is 1. The van der Waals surface area contributed by atoms with E-state index in [2.05, 4.69) is 24.3 Å². The minimum absolute atomic E-state index is 0.0831. The van der Waals surface area contributed by atoms with Crippen LogP contribution in [0.2, 0.25) is 0 Å². The lowest BCUT2D eigenvalue weighted by Crippen LogP contribution is -2.43. The molecule has 0 aliphatic carbocycles. The quantitative estimate of drug-likeness (QED) is 0.901. The third-order valence-electron chi connectivity index (χ3n) is 4.60. The molecule has 3 rings (SSSR count). The van der Waals surface area contributed by atoms with Gasteiger partial charge in [0.2, 0.25) is 0 Å². The van der Waals surface area contributed by atoms with Gasteiger partial charge in [0.05, 0.1) is 11.8 Å². The van der Waals surface area contributed by atoms with Crippen molar-refractivity contribution < 1.29 is 9.90 Å². The maximum absolute atomic E-state index is 12.6. The molecule has 0 radical (unpaired) electrons. The Hall–Kier alpha value is -2.34. The number of nitrogens with one attached hydrogen (secondary N) is 1. The van der Waals surface area contributed by atoms with Gasteiger partial charge < -0.3 is 15.3 Å². The van der Waals surface area contributed by atoms with E-state index in [1.54, 1.807) is 10.9 Å². The van der Waals surface area contributed by atoms with Gasteiger partial charge in [-0.15, -0.1) is 0 Å². The Morgan fingerprint density at radius 2 is 2.16 bits per heavy atom. The molecule has 2 amide bonds. The number of rotatable bonds is 3. The van der Waals surface area contributed by atoms with Crippen molar-refractivity contribution in [3.8, 4) is 5.69 Å². The molecule has 0 spiro atoms. The number of nitrogens with zero attached hydrogens (tertiary/aromatic N) is 3. The molecule has 0 unspecified atom stereocenters. The van der Waals surface area contributed by atoms with Crippen LogP contribution in [0.1, 0.15) is 32.3 Å². The van der Waals surface area contributed by atoms with Crippen molar-refractivity contribution in [1.29, 1.82) is 0 Å². The Balaban J connectivity index is 1.67. The zero-order chi connectivity index (χ0) is 17.9. The van der Waals surface area contributed by atoms with E-state index in [1.807, 2.05) is 41.4 Å². The third-order valence-corrected chi connectivity index (χ3v) is 4.60. The van der Waals surface area contributed by atoms with Crippen LogP contribution in [0.5, 0.6) is 0 Å². The minimum Gasteiger partial charge on any atom is -0.393 e. The second kappa shape index (κ2) is 7.27. The average Bonchev–Trinajstić information content (AvgIpc) is 3.06. The number of benzene rings is 1. The predicted octanol–water partition coefficient (Wildman–Crippen LogP) is 2.56.